The summed E-state index contributed by atoms with van der Waals surface area (Å²) in [4.78, 5) is 22.2. The molecule has 6 nitrogen and oxygen atoms in total. The Morgan fingerprint density at radius 1 is 1.28 bits per heavy atom. The summed E-state index contributed by atoms with van der Waals surface area (Å²) in [5.74, 6) is -1.29. The van der Waals surface area contributed by atoms with E-state index in [0.29, 0.717) is 32.7 Å². The van der Waals surface area contributed by atoms with Crippen LogP contribution in [0.1, 0.15) is 26.2 Å². The summed E-state index contributed by atoms with van der Waals surface area (Å²) in [7, 11) is 0. The number of rotatable bonds is 8. The molecule has 0 aromatic rings. The zero-order valence-electron chi connectivity index (χ0n) is 10.7. The maximum Gasteiger partial charge on any atom is 0.306 e. The van der Waals surface area contributed by atoms with Gasteiger partial charge in [-0.1, -0.05) is 0 Å². The zero-order valence-corrected chi connectivity index (χ0v) is 10.7. The molecule has 6 heteroatoms. The van der Waals surface area contributed by atoms with Crippen molar-refractivity contribution < 1.29 is 24.2 Å². The number of ether oxygens (including phenoxy) is 2. The number of carbonyl (C=O) groups excluding carboxylic acids is 1. The number of carbonyl (C=O) groups is 2. The lowest BCUT2D eigenvalue weighted by Crippen LogP contribution is -2.36. The number of carboxylic acids is 1. The standard InChI is InChI=1S/C12H21NO5/c1-2-17-5-6-18-8-11(14)13-10-4-3-9(7-10)12(15)16/h9-10H,2-8H2,1H3,(H,13,14)(H,15,16)/t9-,10+/m0/s1. The van der Waals surface area contributed by atoms with Crippen molar-refractivity contribution in [1.82, 2.24) is 5.32 Å². The average Bonchev–Trinajstić information content (AvgIpc) is 2.77. The molecule has 0 spiro atoms. The van der Waals surface area contributed by atoms with Crippen molar-refractivity contribution in [2.75, 3.05) is 26.4 Å². The molecule has 0 saturated heterocycles. The van der Waals surface area contributed by atoms with Crippen molar-refractivity contribution in [1.29, 1.82) is 0 Å². The predicted octanol–water partition coefficient (Wildman–Crippen LogP) is 0.409. The Balaban J connectivity index is 2.08. The SMILES string of the molecule is CCOCCOCC(=O)N[C@@H]1CC[C@H](C(=O)O)C1. The molecule has 0 aliphatic heterocycles. The molecule has 1 amide bonds. The first-order chi connectivity index (χ1) is 8.63. The van der Waals surface area contributed by atoms with Crippen molar-refractivity contribution in [3.05, 3.63) is 0 Å². The topological polar surface area (TPSA) is 84.9 Å². The summed E-state index contributed by atoms with van der Waals surface area (Å²) in [5.41, 5.74) is 0. The largest absolute Gasteiger partial charge is 0.481 e. The van der Waals surface area contributed by atoms with Crippen molar-refractivity contribution in [2.45, 2.75) is 32.2 Å². The second kappa shape index (κ2) is 8.05. The van der Waals surface area contributed by atoms with Crippen LogP contribution in [0.25, 0.3) is 0 Å². The Labute approximate surface area is 107 Å². The van der Waals surface area contributed by atoms with Crippen LogP contribution in [0.15, 0.2) is 0 Å². The predicted molar refractivity (Wildman–Crippen MR) is 64.2 cm³/mol. The molecule has 1 aliphatic rings. The summed E-state index contributed by atoms with van der Waals surface area (Å²) in [6.07, 6.45) is 1.87. The fraction of sp³-hybridized carbons (Fsp3) is 0.833. The molecule has 0 aromatic heterocycles. The first-order valence-electron chi connectivity index (χ1n) is 6.31. The van der Waals surface area contributed by atoms with Gasteiger partial charge in [0.25, 0.3) is 0 Å². The van der Waals surface area contributed by atoms with E-state index in [0.717, 1.165) is 6.42 Å². The molecule has 104 valence electrons. The monoisotopic (exact) mass is 259 g/mol. The van der Waals surface area contributed by atoms with Gasteiger partial charge in [0, 0.05) is 12.6 Å². The number of amides is 1. The molecule has 1 fully saturated rings. The Kier molecular flexibility index (Phi) is 6.67. The summed E-state index contributed by atoms with van der Waals surface area (Å²) < 4.78 is 10.2. The van der Waals surface area contributed by atoms with Crippen LogP contribution in [-0.4, -0.2) is 49.5 Å². The maximum atomic E-state index is 11.5. The van der Waals surface area contributed by atoms with Gasteiger partial charge >= 0.3 is 5.97 Å². The summed E-state index contributed by atoms with van der Waals surface area (Å²) in [5, 5.41) is 11.6. The lowest BCUT2D eigenvalue weighted by Gasteiger charge is -2.12. The van der Waals surface area contributed by atoms with Crippen LogP contribution in [0.3, 0.4) is 0 Å². The van der Waals surface area contributed by atoms with E-state index in [1.54, 1.807) is 0 Å². The molecule has 0 aromatic carbocycles. The van der Waals surface area contributed by atoms with Gasteiger partial charge in [0.1, 0.15) is 6.61 Å². The number of aliphatic carboxylic acids is 1. The van der Waals surface area contributed by atoms with E-state index >= 15 is 0 Å². The van der Waals surface area contributed by atoms with Crippen LogP contribution < -0.4 is 5.32 Å². The van der Waals surface area contributed by atoms with Gasteiger partial charge in [-0.25, -0.2) is 0 Å². The van der Waals surface area contributed by atoms with Crippen LogP contribution in [0.5, 0.6) is 0 Å². The third-order valence-corrected chi connectivity index (χ3v) is 2.96. The Hall–Kier alpha value is -1.14. The van der Waals surface area contributed by atoms with E-state index in [9.17, 15) is 9.59 Å². The van der Waals surface area contributed by atoms with Gasteiger partial charge < -0.3 is 19.9 Å². The smallest absolute Gasteiger partial charge is 0.306 e. The Morgan fingerprint density at radius 3 is 2.61 bits per heavy atom. The van der Waals surface area contributed by atoms with Gasteiger partial charge in [0.15, 0.2) is 0 Å². The van der Waals surface area contributed by atoms with Crippen molar-refractivity contribution >= 4 is 11.9 Å². The Bertz CT molecular complexity index is 282. The highest BCUT2D eigenvalue weighted by molar-refractivity contribution is 5.78. The quantitative estimate of drug-likeness (QED) is 0.617. The normalized spacial score (nSPS) is 22.9. The zero-order chi connectivity index (χ0) is 13.4. The average molecular weight is 259 g/mol. The maximum absolute atomic E-state index is 11.5. The van der Waals surface area contributed by atoms with Crippen LogP contribution in [0, 0.1) is 5.92 Å². The van der Waals surface area contributed by atoms with Crippen LogP contribution >= 0.6 is 0 Å². The van der Waals surface area contributed by atoms with Gasteiger partial charge in [-0.15, -0.1) is 0 Å². The second-order valence-corrected chi connectivity index (χ2v) is 4.36. The lowest BCUT2D eigenvalue weighted by atomic mass is 10.1. The number of nitrogens with one attached hydrogen (secondary N) is 1. The minimum atomic E-state index is -0.778. The highest BCUT2D eigenvalue weighted by Crippen LogP contribution is 2.25. The molecule has 1 rings (SSSR count). The van der Waals surface area contributed by atoms with E-state index in [-0.39, 0.29) is 24.5 Å². The number of hydrogen-bond acceptors (Lipinski definition) is 4. The van der Waals surface area contributed by atoms with Crippen LogP contribution in [-0.2, 0) is 19.1 Å². The lowest BCUT2D eigenvalue weighted by molar-refractivity contribution is -0.141. The van der Waals surface area contributed by atoms with Crippen LogP contribution in [0.4, 0.5) is 0 Å². The molecule has 0 unspecified atom stereocenters. The van der Waals surface area contributed by atoms with Gasteiger partial charge in [0.05, 0.1) is 19.1 Å². The first-order valence-corrected chi connectivity index (χ1v) is 6.31. The molecule has 2 atom stereocenters. The minimum absolute atomic E-state index is 0.00130. The fourth-order valence-corrected chi connectivity index (χ4v) is 2.03. The summed E-state index contributed by atoms with van der Waals surface area (Å²) >= 11 is 0. The molecular weight excluding hydrogens is 238 g/mol. The van der Waals surface area contributed by atoms with Gasteiger partial charge in [-0.2, -0.15) is 0 Å². The van der Waals surface area contributed by atoms with E-state index in [1.807, 2.05) is 6.92 Å². The molecule has 2 N–H and O–H groups in total. The van der Waals surface area contributed by atoms with Gasteiger partial charge in [-0.05, 0) is 26.2 Å². The molecule has 0 heterocycles. The minimum Gasteiger partial charge on any atom is -0.481 e. The summed E-state index contributed by atoms with van der Waals surface area (Å²) in [6, 6.07) is -0.0332. The first kappa shape index (κ1) is 14.9. The summed E-state index contributed by atoms with van der Waals surface area (Å²) in [6.45, 7) is 3.40. The third kappa shape index (κ3) is 5.46. The van der Waals surface area contributed by atoms with E-state index in [1.165, 1.54) is 0 Å². The van der Waals surface area contributed by atoms with Crippen molar-refractivity contribution in [3.63, 3.8) is 0 Å². The van der Waals surface area contributed by atoms with Crippen LogP contribution in [0.2, 0.25) is 0 Å². The van der Waals surface area contributed by atoms with Crippen molar-refractivity contribution in [3.8, 4) is 0 Å². The molecule has 1 saturated carbocycles. The molecule has 1 aliphatic carbocycles. The molecule has 0 bridgehead atoms. The molecule has 0 radical (unpaired) electrons. The van der Waals surface area contributed by atoms with Gasteiger partial charge in [-0.3, -0.25) is 9.59 Å². The fourth-order valence-electron chi connectivity index (χ4n) is 2.03. The highest BCUT2D eigenvalue weighted by Gasteiger charge is 2.30. The second-order valence-electron chi connectivity index (χ2n) is 4.36. The molecule has 18 heavy (non-hydrogen) atoms. The molecular formula is C12H21NO5. The van der Waals surface area contributed by atoms with Crippen molar-refractivity contribution in [2.24, 2.45) is 5.92 Å². The van der Waals surface area contributed by atoms with Gasteiger partial charge in [0.2, 0.25) is 5.91 Å². The Morgan fingerprint density at radius 2 is 2.00 bits per heavy atom. The number of hydrogen-bond donors (Lipinski definition) is 2. The van der Waals surface area contributed by atoms with E-state index in [4.69, 9.17) is 14.6 Å². The van der Waals surface area contributed by atoms with E-state index < -0.39 is 5.97 Å². The van der Waals surface area contributed by atoms with E-state index in [2.05, 4.69) is 5.32 Å². The number of carboxylic acid groups (broad SMARTS) is 1. The third-order valence-electron chi connectivity index (χ3n) is 2.96. The highest BCUT2D eigenvalue weighted by atomic mass is 16.5.